The van der Waals surface area contributed by atoms with Crippen LogP contribution in [0.15, 0.2) is 24.3 Å². The van der Waals surface area contributed by atoms with Gasteiger partial charge in [0.2, 0.25) is 0 Å². The van der Waals surface area contributed by atoms with Crippen molar-refractivity contribution in [3.05, 3.63) is 24.3 Å². The van der Waals surface area contributed by atoms with Gasteiger partial charge in [-0.25, -0.2) is 0 Å². The lowest BCUT2D eigenvalue weighted by Gasteiger charge is -2.17. The van der Waals surface area contributed by atoms with Crippen molar-refractivity contribution in [2.24, 2.45) is 0 Å². The minimum absolute atomic E-state index is 0.0544. The Kier molecular flexibility index (Phi) is 3.08. The molecule has 1 saturated heterocycles. The zero-order valence-corrected chi connectivity index (χ0v) is 8.64. The maximum atomic E-state index is 9.59. The van der Waals surface area contributed by atoms with Crippen molar-refractivity contribution in [1.29, 1.82) is 0 Å². The fraction of sp³-hybridized carbons (Fsp3) is 0.455. The summed E-state index contributed by atoms with van der Waals surface area (Å²) < 4.78 is 10.4. The van der Waals surface area contributed by atoms with Gasteiger partial charge in [-0.15, -0.1) is 0 Å². The van der Waals surface area contributed by atoms with E-state index in [2.05, 4.69) is 5.32 Å². The van der Waals surface area contributed by atoms with Gasteiger partial charge < -0.3 is 19.9 Å². The van der Waals surface area contributed by atoms with E-state index in [1.807, 2.05) is 24.3 Å². The van der Waals surface area contributed by atoms with Crippen molar-refractivity contribution >= 4 is 5.69 Å². The Bertz CT molecular complexity index is 329. The van der Waals surface area contributed by atoms with Gasteiger partial charge in [0.05, 0.1) is 38.2 Å². The van der Waals surface area contributed by atoms with Crippen molar-refractivity contribution < 1.29 is 14.6 Å². The Labute approximate surface area is 88.8 Å². The molecule has 4 nitrogen and oxygen atoms in total. The topological polar surface area (TPSA) is 50.7 Å². The van der Waals surface area contributed by atoms with Gasteiger partial charge in [0.25, 0.3) is 0 Å². The number of aliphatic hydroxyl groups excluding tert-OH is 1. The van der Waals surface area contributed by atoms with Gasteiger partial charge in [0.1, 0.15) is 5.75 Å². The number of anilines is 1. The molecule has 1 fully saturated rings. The number of methoxy groups -OCH3 is 1. The van der Waals surface area contributed by atoms with Crippen molar-refractivity contribution in [3.63, 3.8) is 0 Å². The fourth-order valence-electron chi connectivity index (χ4n) is 1.64. The molecule has 0 aliphatic carbocycles. The Balaban J connectivity index is 2.09. The number of nitrogens with one attached hydrogen (secondary N) is 1. The lowest BCUT2D eigenvalue weighted by Crippen LogP contribution is -2.31. The van der Waals surface area contributed by atoms with E-state index < -0.39 is 6.10 Å². The van der Waals surface area contributed by atoms with E-state index in [0.29, 0.717) is 13.2 Å². The summed E-state index contributed by atoms with van der Waals surface area (Å²) in [6.45, 7) is 0.923. The third kappa shape index (κ3) is 2.22. The number of benzene rings is 1. The molecule has 2 N–H and O–H groups in total. The summed E-state index contributed by atoms with van der Waals surface area (Å²) >= 11 is 0. The summed E-state index contributed by atoms with van der Waals surface area (Å²) in [7, 11) is 1.63. The maximum absolute atomic E-state index is 9.59. The molecule has 2 atom stereocenters. The summed E-state index contributed by atoms with van der Waals surface area (Å²) in [6.07, 6.45) is -0.449. The molecule has 0 saturated carbocycles. The quantitative estimate of drug-likeness (QED) is 0.775. The number of hydrogen-bond donors (Lipinski definition) is 2. The van der Waals surface area contributed by atoms with Crippen molar-refractivity contribution in [3.8, 4) is 5.75 Å². The van der Waals surface area contributed by atoms with Gasteiger partial charge >= 0.3 is 0 Å². The Morgan fingerprint density at radius 2 is 2.20 bits per heavy atom. The maximum Gasteiger partial charge on any atom is 0.141 e. The summed E-state index contributed by atoms with van der Waals surface area (Å²) in [5, 5.41) is 12.8. The minimum atomic E-state index is -0.449. The van der Waals surface area contributed by atoms with Crippen molar-refractivity contribution in [1.82, 2.24) is 0 Å². The smallest absolute Gasteiger partial charge is 0.141 e. The van der Waals surface area contributed by atoms with Crippen LogP contribution in [-0.2, 0) is 4.74 Å². The average Bonchev–Trinajstić information content (AvgIpc) is 2.65. The van der Waals surface area contributed by atoms with Gasteiger partial charge in [0.15, 0.2) is 0 Å². The lowest BCUT2D eigenvalue weighted by atomic mass is 10.2. The monoisotopic (exact) mass is 209 g/mol. The highest BCUT2D eigenvalue weighted by molar-refractivity contribution is 5.56. The van der Waals surface area contributed by atoms with Gasteiger partial charge in [-0.2, -0.15) is 0 Å². The molecule has 82 valence electrons. The van der Waals surface area contributed by atoms with E-state index in [0.717, 1.165) is 11.4 Å². The molecule has 0 aromatic heterocycles. The first-order valence-electron chi connectivity index (χ1n) is 4.96. The van der Waals surface area contributed by atoms with E-state index in [9.17, 15) is 5.11 Å². The fourth-order valence-corrected chi connectivity index (χ4v) is 1.64. The first-order chi connectivity index (χ1) is 7.31. The Hall–Kier alpha value is -1.26. The zero-order valence-electron chi connectivity index (χ0n) is 8.64. The van der Waals surface area contributed by atoms with Crippen LogP contribution in [0, 0.1) is 0 Å². The third-order valence-corrected chi connectivity index (χ3v) is 2.50. The lowest BCUT2D eigenvalue weighted by molar-refractivity contribution is 0.125. The first kappa shape index (κ1) is 10.3. The minimum Gasteiger partial charge on any atom is -0.495 e. The van der Waals surface area contributed by atoms with E-state index in [4.69, 9.17) is 9.47 Å². The van der Waals surface area contributed by atoms with Crippen molar-refractivity contribution in [2.45, 2.75) is 12.1 Å². The molecular weight excluding hydrogens is 194 g/mol. The third-order valence-electron chi connectivity index (χ3n) is 2.50. The number of hydrogen-bond acceptors (Lipinski definition) is 4. The van der Waals surface area contributed by atoms with E-state index >= 15 is 0 Å². The average molecular weight is 209 g/mol. The Morgan fingerprint density at radius 1 is 1.40 bits per heavy atom. The molecule has 15 heavy (non-hydrogen) atoms. The molecule has 0 radical (unpaired) electrons. The number of rotatable bonds is 3. The second-order valence-corrected chi connectivity index (χ2v) is 3.56. The second kappa shape index (κ2) is 4.51. The molecule has 1 aliphatic rings. The zero-order chi connectivity index (χ0) is 10.7. The largest absolute Gasteiger partial charge is 0.495 e. The molecule has 0 spiro atoms. The summed E-state index contributed by atoms with van der Waals surface area (Å²) in [4.78, 5) is 0. The van der Waals surface area contributed by atoms with E-state index in [-0.39, 0.29) is 6.04 Å². The number of para-hydroxylation sites is 2. The van der Waals surface area contributed by atoms with Gasteiger partial charge in [-0.1, -0.05) is 12.1 Å². The standard InChI is InChI=1S/C11H15NO3/c1-14-11-5-3-2-4-8(11)12-9-6-15-7-10(9)13/h2-5,9-10,12-13H,6-7H2,1H3/t9-,10-/m1/s1. The summed E-state index contributed by atoms with van der Waals surface area (Å²) in [5.74, 6) is 0.775. The van der Waals surface area contributed by atoms with Crippen LogP contribution < -0.4 is 10.1 Å². The summed E-state index contributed by atoms with van der Waals surface area (Å²) in [5.41, 5.74) is 0.884. The van der Waals surface area contributed by atoms with Crippen molar-refractivity contribution in [2.75, 3.05) is 25.6 Å². The Morgan fingerprint density at radius 3 is 2.87 bits per heavy atom. The van der Waals surface area contributed by atoms with Crippen LogP contribution in [0.4, 0.5) is 5.69 Å². The molecule has 0 unspecified atom stereocenters. The first-order valence-corrected chi connectivity index (χ1v) is 4.96. The highest BCUT2D eigenvalue weighted by Gasteiger charge is 2.26. The van der Waals surface area contributed by atoms with Crippen LogP contribution in [0.2, 0.25) is 0 Å². The SMILES string of the molecule is COc1ccccc1N[C@@H]1COC[C@H]1O. The summed E-state index contributed by atoms with van der Waals surface area (Å²) in [6, 6.07) is 7.58. The van der Waals surface area contributed by atoms with Crippen LogP contribution in [0.3, 0.4) is 0 Å². The molecule has 1 aromatic rings. The highest BCUT2D eigenvalue weighted by atomic mass is 16.5. The molecular formula is C11H15NO3. The normalized spacial score (nSPS) is 25.2. The van der Waals surface area contributed by atoms with Gasteiger partial charge in [0, 0.05) is 0 Å². The van der Waals surface area contributed by atoms with E-state index in [1.165, 1.54) is 0 Å². The molecule has 2 rings (SSSR count). The van der Waals surface area contributed by atoms with Crippen LogP contribution in [-0.4, -0.2) is 37.6 Å². The molecule has 1 aromatic carbocycles. The highest BCUT2D eigenvalue weighted by Crippen LogP contribution is 2.25. The molecule has 4 heteroatoms. The number of ether oxygens (including phenoxy) is 2. The molecule has 0 bridgehead atoms. The van der Waals surface area contributed by atoms with Crippen LogP contribution in [0.25, 0.3) is 0 Å². The number of aliphatic hydroxyl groups is 1. The second-order valence-electron chi connectivity index (χ2n) is 3.56. The molecule has 0 amide bonds. The van der Waals surface area contributed by atoms with Gasteiger partial charge in [-0.3, -0.25) is 0 Å². The molecule has 1 heterocycles. The molecule has 1 aliphatic heterocycles. The van der Waals surface area contributed by atoms with Crippen LogP contribution >= 0.6 is 0 Å². The predicted molar refractivity (Wildman–Crippen MR) is 57.2 cm³/mol. The van der Waals surface area contributed by atoms with E-state index in [1.54, 1.807) is 7.11 Å². The van der Waals surface area contributed by atoms with Crippen LogP contribution in [0.1, 0.15) is 0 Å². The van der Waals surface area contributed by atoms with Gasteiger partial charge in [-0.05, 0) is 12.1 Å². The van der Waals surface area contributed by atoms with Crippen LogP contribution in [0.5, 0.6) is 5.75 Å². The predicted octanol–water partition coefficient (Wildman–Crippen LogP) is 0.867.